The molecular formula is C16H21ClN2OS. The molecule has 5 heteroatoms. The van der Waals surface area contributed by atoms with Crippen LogP contribution < -0.4 is 10.2 Å². The van der Waals surface area contributed by atoms with Gasteiger partial charge in [-0.2, -0.15) is 11.8 Å². The third-order valence-corrected chi connectivity index (χ3v) is 5.93. The second-order valence-electron chi connectivity index (χ2n) is 6.21. The Balaban J connectivity index is 0.00000132. The van der Waals surface area contributed by atoms with Crippen LogP contribution >= 0.6 is 24.2 Å². The Labute approximate surface area is 136 Å². The lowest BCUT2D eigenvalue weighted by Gasteiger charge is -2.25. The van der Waals surface area contributed by atoms with Gasteiger partial charge >= 0.3 is 0 Å². The summed E-state index contributed by atoms with van der Waals surface area (Å²) >= 11 is 1.95. The van der Waals surface area contributed by atoms with Gasteiger partial charge in [-0.25, -0.2) is 0 Å². The molecule has 1 aromatic rings. The van der Waals surface area contributed by atoms with Gasteiger partial charge in [-0.3, -0.25) is 4.79 Å². The monoisotopic (exact) mass is 324 g/mol. The average molecular weight is 325 g/mol. The van der Waals surface area contributed by atoms with E-state index in [1.807, 2.05) is 16.7 Å². The SMILES string of the molecule is Cl.O=C(CC1CSCCN1)N1CC2(CC2)c2ccccc21. The number of carbonyl (C=O) groups is 1. The van der Waals surface area contributed by atoms with Crippen LogP contribution in [0.5, 0.6) is 0 Å². The molecule has 3 nitrogen and oxygen atoms in total. The molecule has 1 spiro atoms. The number of nitrogens with one attached hydrogen (secondary N) is 1. The number of fused-ring (bicyclic) bond motifs is 2. The summed E-state index contributed by atoms with van der Waals surface area (Å²) in [6, 6.07) is 8.83. The molecule has 2 heterocycles. The van der Waals surface area contributed by atoms with Crippen LogP contribution in [-0.4, -0.2) is 36.5 Å². The highest BCUT2D eigenvalue weighted by molar-refractivity contribution is 7.99. The predicted molar refractivity (Wildman–Crippen MR) is 90.7 cm³/mol. The molecule has 1 atom stereocenters. The first kappa shape index (κ1) is 15.2. The first-order valence-corrected chi connectivity index (χ1v) is 8.65. The Bertz CT molecular complexity index is 541. The van der Waals surface area contributed by atoms with Crippen molar-refractivity contribution in [2.75, 3.05) is 29.5 Å². The molecule has 1 aliphatic carbocycles. The van der Waals surface area contributed by atoms with Crippen molar-refractivity contribution < 1.29 is 4.79 Å². The molecule has 3 aliphatic rings. The second-order valence-corrected chi connectivity index (χ2v) is 7.36. The minimum Gasteiger partial charge on any atom is -0.312 e. The molecular weight excluding hydrogens is 304 g/mol. The summed E-state index contributed by atoms with van der Waals surface area (Å²) in [5, 5.41) is 3.47. The molecule has 2 aliphatic heterocycles. The van der Waals surface area contributed by atoms with Gasteiger partial charge < -0.3 is 10.2 Å². The second kappa shape index (κ2) is 5.82. The fourth-order valence-corrected chi connectivity index (χ4v) is 4.45. The molecule has 1 amide bonds. The number of benzene rings is 1. The summed E-state index contributed by atoms with van der Waals surface area (Å²) in [4.78, 5) is 14.7. The van der Waals surface area contributed by atoms with Crippen LogP contribution in [-0.2, 0) is 10.2 Å². The maximum atomic E-state index is 12.7. The highest BCUT2D eigenvalue weighted by atomic mass is 35.5. The van der Waals surface area contributed by atoms with Crippen molar-refractivity contribution >= 4 is 35.8 Å². The fraction of sp³-hybridized carbons (Fsp3) is 0.562. The van der Waals surface area contributed by atoms with E-state index in [4.69, 9.17) is 0 Å². The molecule has 114 valence electrons. The van der Waals surface area contributed by atoms with E-state index in [0.717, 1.165) is 18.8 Å². The summed E-state index contributed by atoms with van der Waals surface area (Å²) in [6.07, 6.45) is 3.12. The Morgan fingerprint density at radius 2 is 2.19 bits per heavy atom. The third kappa shape index (κ3) is 2.69. The molecule has 1 unspecified atom stereocenters. The highest BCUT2D eigenvalue weighted by Gasteiger charge is 2.52. The number of rotatable bonds is 2. The van der Waals surface area contributed by atoms with E-state index in [-0.39, 0.29) is 12.4 Å². The molecule has 21 heavy (non-hydrogen) atoms. The van der Waals surface area contributed by atoms with Gasteiger partial charge in [0.05, 0.1) is 0 Å². The number of carbonyl (C=O) groups excluding carboxylic acids is 1. The predicted octanol–water partition coefficient (Wildman–Crippen LogP) is 2.58. The zero-order valence-electron chi connectivity index (χ0n) is 12.0. The van der Waals surface area contributed by atoms with Gasteiger partial charge in [-0.1, -0.05) is 18.2 Å². The molecule has 4 rings (SSSR count). The van der Waals surface area contributed by atoms with E-state index in [1.54, 1.807) is 0 Å². The quantitative estimate of drug-likeness (QED) is 0.907. The van der Waals surface area contributed by atoms with E-state index in [1.165, 1.54) is 29.8 Å². The average Bonchev–Trinajstić information content (AvgIpc) is 3.18. The normalized spacial score (nSPS) is 25.3. The van der Waals surface area contributed by atoms with Gasteiger partial charge in [-0.05, 0) is 24.5 Å². The Morgan fingerprint density at radius 3 is 2.90 bits per heavy atom. The van der Waals surface area contributed by atoms with Crippen LogP contribution in [0.1, 0.15) is 24.8 Å². The van der Waals surface area contributed by atoms with Crippen LogP contribution in [0.4, 0.5) is 5.69 Å². The summed E-state index contributed by atoms with van der Waals surface area (Å²) in [5.74, 6) is 2.52. The lowest BCUT2D eigenvalue weighted by Crippen LogP contribution is -2.42. The minimum absolute atomic E-state index is 0. The van der Waals surface area contributed by atoms with Gasteiger partial charge in [0, 0.05) is 48.2 Å². The molecule has 1 N–H and O–H groups in total. The van der Waals surface area contributed by atoms with Crippen molar-refractivity contribution in [2.24, 2.45) is 0 Å². The maximum Gasteiger partial charge on any atom is 0.228 e. The van der Waals surface area contributed by atoms with Crippen LogP contribution in [0.15, 0.2) is 24.3 Å². The van der Waals surface area contributed by atoms with Crippen LogP contribution in [0.3, 0.4) is 0 Å². The molecule has 1 saturated carbocycles. The Morgan fingerprint density at radius 1 is 1.38 bits per heavy atom. The number of hydrogen-bond acceptors (Lipinski definition) is 3. The molecule has 1 aromatic carbocycles. The molecule has 0 bridgehead atoms. The number of halogens is 1. The van der Waals surface area contributed by atoms with Crippen molar-refractivity contribution in [2.45, 2.75) is 30.7 Å². The number of nitrogens with zero attached hydrogens (tertiary/aromatic N) is 1. The minimum atomic E-state index is 0. The van der Waals surface area contributed by atoms with Crippen molar-refractivity contribution in [3.05, 3.63) is 29.8 Å². The van der Waals surface area contributed by atoms with E-state index >= 15 is 0 Å². The van der Waals surface area contributed by atoms with E-state index in [0.29, 0.717) is 23.8 Å². The van der Waals surface area contributed by atoms with Gasteiger partial charge in [-0.15, -0.1) is 12.4 Å². The molecule has 0 aromatic heterocycles. The number of thioether (sulfide) groups is 1. The lowest BCUT2D eigenvalue weighted by molar-refractivity contribution is -0.119. The smallest absolute Gasteiger partial charge is 0.228 e. The van der Waals surface area contributed by atoms with E-state index in [9.17, 15) is 4.79 Å². The van der Waals surface area contributed by atoms with Crippen molar-refractivity contribution in [1.82, 2.24) is 5.32 Å². The zero-order valence-corrected chi connectivity index (χ0v) is 13.6. The Kier molecular flexibility index (Phi) is 4.21. The third-order valence-electron chi connectivity index (χ3n) is 4.80. The van der Waals surface area contributed by atoms with E-state index < -0.39 is 0 Å². The maximum absolute atomic E-state index is 12.7. The Hall–Kier alpha value is -0.710. The molecule has 2 fully saturated rings. The summed E-state index contributed by atoms with van der Waals surface area (Å²) in [5.41, 5.74) is 2.87. The lowest BCUT2D eigenvalue weighted by atomic mass is 9.99. The number of amides is 1. The summed E-state index contributed by atoms with van der Waals surface area (Å²) < 4.78 is 0. The van der Waals surface area contributed by atoms with Gasteiger partial charge in [0.1, 0.15) is 0 Å². The largest absolute Gasteiger partial charge is 0.312 e. The zero-order chi connectivity index (χ0) is 13.6. The first-order valence-electron chi connectivity index (χ1n) is 7.50. The topological polar surface area (TPSA) is 32.3 Å². The first-order chi connectivity index (χ1) is 9.78. The summed E-state index contributed by atoms with van der Waals surface area (Å²) in [7, 11) is 0. The highest BCUT2D eigenvalue weighted by Crippen LogP contribution is 2.56. The molecule has 0 radical (unpaired) electrons. The van der Waals surface area contributed by atoms with Gasteiger partial charge in [0.2, 0.25) is 5.91 Å². The standard InChI is InChI=1S/C16H20N2OS.ClH/c19-15(9-12-10-20-8-7-17-12)18-11-16(5-6-16)13-3-1-2-4-14(13)18;/h1-4,12,17H,5-11H2;1H. The number of hydrogen-bond donors (Lipinski definition) is 1. The van der Waals surface area contributed by atoms with E-state index in [2.05, 4.69) is 29.6 Å². The number of para-hydroxylation sites is 1. The fourth-order valence-electron chi connectivity index (χ4n) is 3.50. The van der Waals surface area contributed by atoms with Gasteiger partial charge in [0.15, 0.2) is 0 Å². The van der Waals surface area contributed by atoms with Crippen molar-refractivity contribution in [1.29, 1.82) is 0 Å². The number of anilines is 1. The van der Waals surface area contributed by atoms with Crippen molar-refractivity contribution in [3.8, 4) is 0 Å². The van der Waals surface area contributed by atoms with Gasteiger partial charge in [0.25, 0.3) is 0 Å². The van der Waals surface area contributed by atoms with Crippen LogP contribution in [0, 0.1) is 0 Å². The van der Waals surface area contributed by atoms with Crippen LogP contribution in [0.2, 0.25) is 0 Å². The van der Waals surface area contributed by atoms with Crippen LogP contribution in [0.25, 0.3) is 0 Å². The summed E-state index contributed by atoms with van der Waals surface area (Å²) in [6.45, 7) is 1.94. The molecule has 1 saturated heterocycles. The van der Waals surface area contributed by atoms with Crippen molar-refractivity contribution in [3.63, 3.8) is 0 Å².